The molecule has 26 heavy (non-hydrogen) atoms. The second-order valence-corrected chi connectivity index (χ2v) is 8.91. The zero-order valence-corrected chi connectivity index (χ0v) is 16.7. The van der Waals surface area contributed by atoms with Crippen molar-refractivity contribution in [3.63, 3.8) is 0 Å². The number of urea groups is 1. The van der Waals surface area contributed by atoms with Gasteiger partial charge in [0.15, 0.2) is 0 Å². The lowest BCUT2D eigenvalue weighted by Crippen LogP contribution is -2.43. The molecule has 2 amide bonds. The summed E-state index contributed by atoms with van der Waals surface area (Å²) in [5, 5.41) is 5.83. The first-order valence-corrected chi connectivity index (χ1v) is 10.7. The Kier molecular flexibility index (Phi) is 6.88. The molecular formula is C18H29N3O4S. The molecule has 0 aromatic heterocycles. The van der Waals surface area contributed by atoms with Gasteiger partial charge < -0.3 is 15.4 Å². The molecule has 1 aromatic rings. The summed E-state index contributed by atoms with van der Waals surface area (Å²) in [6, 6.07) is 5.46. The Bertz CT molecular complexity index is 728. The highest BCUT2D eigenvalue weighted by Crippen LogP contribution is 2.26. The largest absolute Gasteiger partial charge is 0.496 e. The third-order valence-electron chi connectivity index (χ3n) is 4.79. The number of sulfonamides is 1. The van der Waals surface area contributed by atoms with Crippen molar-refractivity contribution in [3.05, 3.63) is 29.3 Å². The molecule has 8 heteroatoms. The predicted molar refractivity (Wildman–Crippen MR) is 102 cm³/mol. The number of hydrogen-bond donors (Lipinski definition) is 2. The molecule has 1 atom stereocenters. The zero-order chi connectivity index (χ0) is 19.3. The zero-order valence-electron chi connectivity index (χ0n) is 15.9. The van der Waals surface area contributed by atoms with Crippen molar-refractivity contribution in [1.29, 1.82) is 0 Å². The average molecular weight is 384 g/mol. The Morgan fingerprint density at radius 1 is 1.35 bits per heavy atom. The normalized spacial score (nSPS) is 17.5. The Morgan fingerprint density at radius 2 is 2.00 bits per heavy atom. The number of aryl methyl sites for hydroxylation is 1. The molecule has 0 radical (unpaired) electrons. The molecule has 146 valence electrons. The van der Waals surface area contributed by atoms with E-state index in [1.54, 1.807) is 7.11 Å². The number of nitrogens with one attached hydrogen (secondary N) is 2. The van der Waals surface area contributed by atoms with Crippen molar-refractivity contribution in [1.82, 2.24) is 14.9 Å². The smallest absolute Gasteiger partial charge is 0.315 e. The minimum Gasteiger partial charge on any atom is -0.496 e. The van der Waals surface area contributed by atoms with Gasteiger partial charge in [-0.15, -0.1) is 0 Å². The van der Waals surface area contributed by atoms with Crippen LogP contribution in [0.4, 0.5) is 4.79 Å². The summed E-state index contributed by atoms with van der Waals surface area (Å²) < 4.78 is 29.9. The van der Waals surface area contributed by atoms with Gasteiger partial charge in [-0.1, -0.05) is 17.7 Å². The number of nitrogens with zero attached hydrogens (tertiary/aromatic N) is 1. The van der Waals surface area contributed by atoms with Crippen molar-refractivity contribution in [2.24, 2.45) is 5.92 Å². The van der Waals surface area contributed by atoms with E-state index in [4.69, 9.17) is 4.74 Å². The van der Waals surface area contributed by atoms with Gasteiger partial charge in [-0.2, -0.15) is 0 Å². The van der Waals surface area contributed by atoms with Crippen LogP contribution in [0.2, 0.25) is 0 Å². The fourth-order valence-electron chi connectivity index (χ4n) is 3.20. The average Bonchev–Trinajstić information content (AvgIpc) is 2.59. The third kappa shape index (κ3) is 5.60. The molecule has 1 heterocycles. The summed E-state index contributed by atoms with van der Waals surface area (Å²) in [7, 11) is -1.50. The first kappa shape index (κ1) is 20.5. The Hall–Kier alpha value is -1.80. The topological polar surface area (TPSA) is 87.7 Å². The minimum atomic E-state index is -3.12. The molecular weight excluding hydrogens is 354 g/mol. The van der Waals surface area contributed by atoms with E-state index >= 15 is 0 Å². The molecule has 2 rings (SSSR count). The number of carbonyl (C=O) groups is 1. The van der Waals surface area contributed by atoms with Crippen LogP contribution in [-0.4, -0.2) is 51.8 Å². The van der Waals surface area contributed by atoms with Gasteiger partial charge in [0.05, 0.1) is 19.4 Å². The van der Waals surface area contributed by atoms with Gasteiger partial charge in [0.25, 0.3) is 0 Å². The highest BCUT2D eigenvalue weighted by atomic mass is 32.2. The molecule has 2 N–H and O–H groups in total. The summed E-state index contributed by atoms with van der Waals surface area (Å²) in [6.07, 6.45) is 2.75. The molecule has 7 nitrogen and oxygen atoms in total. The maximum absolute atomic E-state index is 12.2. The summed E-state index contributed by atoms with van der Waals surface area (Å²) in [5.74, 6) is 1.04. The van der Waals surface area contributed by atoms with Crippen LogP contribution in [0.1, 0.15) is 36.9 Å². The van der Waals surface area contributed by atoms with E-state index in [-0.39, 0.29) is 12.1 Å². The third-order valence-corrected chi connectivity index (χ3v) is 6.10. The van der Waals surface area contributed by atoms with Crippen molar-refractivity contribution in [2.75, 3.05) is 33.0 Å². The summed E-state index contributed by atoms with van der Waals surface area (Å²) >= 11 is 0. The predicted octanol–water partition coefficient (Wildman–Crippen LogP) is 2.04. The number of carbonyl (C=O) groups excluding carboxylic acids is 1. The summed E-state index contributed by atoms with van der Waals surface area (Å²) in [6.45, 7) is 5.49. The molecule has 1 aliphatic rings. The standard InChI is InChI=1S/C18H29N3O4S/c1-13-5-6-17(25-3)16(11-13)14(2)20-18(22)19-12-15-7-9-21(10-8-15)26(4,23)24/h5-6,11,14-15H,7-10,12H2,1-4H3,(H2,19,20,22). The molecule has 1 saturated heterocycles. The second kappa shape index (κ2) is 8.73. The van der Waals surface area contributed by atoms with Crippen LogP contribution in [0.5, 0.6) is 5.75 Å². The number of piperidine rings is 1. The molecule has 0 saturated carbocycles. The lowest BCUT2D eigenvalue weighted by Gasteiger charge is -2.30. The second-order valence-electron chi connectivity index (χ2n) is 6.93. The van der Waals surface area contributed by atoms with Crippen molar-refractivity contribution >= 4 is 16.1 Å². The monoisotopic (exact) mass is 383 g/mol. The lowest BCUT2D eigenvalue weighted by molar-refractivity contribution is 0.228. The molecule has 0 bridgehead atoms. The first-order chi connectivity index (χ1) is 12.2. The van der Waals surface area contributed by atoms with E-state index in [1.165, 1.54) is 10.6 Å². The maximum Gasteiger partial charge on any atom is 0.315 e. The van der Waals surface area contributed by atoms with Crippen LogP contribution in [0.15, 0.2) is 18.2 Å². The molecule has 1 aromatic carbocycles. The SMILES string of the molecule is COc1ccc(C)cc1C(C)NC(=O)NCC1CCN(S(C)(=O)=O)CC1. The van der Waals surface area contributed by atoms with Gasteiger partial charge in [-0.3, -0.25) is 0 Å². The van der Waals surface area contributed by atoms with Crippen LogP contribution in [0, 0.1) is 12.8 Å². The van der Waals surface area contributed by atoms with E-state index in [9.17, 15) is 13.2 Å². The summed E-state index contributed by atoms with van der Waals surface area (Å²) in [5.41, 5.74) is 2.04. The number of benzene rings is 1. The van der Waals surface area contributed by atoms with Crippen LogP contribution < -0.4 is 15.4 Å². The van der Waals surface area contributed by atoms with E-state index in [2.05, 4.69) is 10.6 Å². The van der Waals surface area contributed by atoms with Crippen molar-refractivity contribution in [2.45, 2.75) is 32.7 Å². The van der Waals surface area contributed by atoms with E-state index in [0.29, 0.717) is 25.6 Å². The van der Waals surface area contributed by atoms with Crippen LogP contribution in [0.25, 0.3) is 0 Å². The quantitative estimate of drug-likeness (QED) is 0.787. The number of ether oxygens (including phenoxy) is 1. The van der Waals surface area contributed by atoms with Gasteiger partial charge >= 0.3 is 6.03 Å². The van der Waals surface area contributed by atoms with Crippen LogP contribution >= 0.6 is 0 Å². The lowest BCUT2D eigenvalue weighted by atomic mass is 9.98. The van der Waals surface area contributed by atoms with Gasteiger partial charge in [-0.25, -0.2) is 17.5 Å². The molecule has 1 unspecified atom stereocenters. The maximum atomic E-state index is 12.2. The van der Waals surface area contributed by atoms with Crippen LogP contribution in [-0.2, 0) is 10.0 Å². The number of methoxy groups -OCH3 is 1. The number of amides is 2. The number of hydrogen-bond acceptors (Lipinski definition) is 4. The fraction of sp³-hybridized carbons (Fsp3) is 0.611. The van der Waals surface area contributed by atoms with E-state index in [0.717, 1.165) is 29.7 Å². The van der Waals surface area contributed by atoms with Crippen molar-refractivity contribution < 1.29 is 17.9 Å². The highest BCUT2D eigenvalue weighted by molar-refractivity contribution is 7.88. The molecule has 0 spiro atoms. The summed E-state index contributed by atoms with van der Waals surface area (Å²) in [4.78, 5) is 12.2. The minimum absolute atomic E-state index is 0.183. The fourth-order valence-corrected chi connectivity index (χ4v) is 4.07. The van der Waals surface area contributed by atoms with E-state index < -0.39 is 10.0 Å². The first-order valence-electron chi connectivity index (χ1n) is 8.84. The van der Waals surface area contributed by atoms with Crippen LogP contribution in [0.3, 0.4) is 0 Å². The Labute approximate surface area is 156 Å². The Morgan fingerprint density at radius 3 is 2.58 bits per heavy atom. The van der Waals surface area contributed by atoms with Gasteiger partial charge in [0.1, 0.15) is 5.75 Å². The van der Waals surface area contributed by atoms with Gasteiger partial charge in [0, 0.05) is 25.2 Å². The van der Waals surface area contributed by atoms with Gasteiger partial charge in [0.2, 0.25) is 10.0 Å². The highest BCUT2D eigenvalue weighted by Gasteiger charge is 2.25. The van der Waals surface area contributed by atoms with Gasteiger partial charge in [-0.05, 0) is 38.7 Å². The molecule has 1 fully saturated rings. The molecule has 0 aliphatic carbocycles. The van der Waals surface area contributed by atoms with E-state index in [1.807, 2.05) is 32.0 Å². The molecule has 1 aliphatic heterocycles. The number of rotatable bonds is 6. The van der Waals surface area contributed by atoms with Crippen molar-refractivity contribution in [3.8, 4) is 5.75 Å². The Balaban J connectivity index is 1.82.